The van der Waals surface area contributed by atoms with Gasteiger partial charge in [-0.3, -0.25) is 4.79 Å². The molecule has 0 aliphatic heterocycles. The monoisotopic (exact) mass is 300 g/mol. The number of aryl methyl sites for hydroxylation is 1. The van der Waals surface area contributed by atoms with Crippen molar-refractivity contribution in [2.45, 2.75) is 25.8 Å². The second-order valence-electron chi connectivity index (χ2n) is 3.85. The molecule has 0 spiro atoms. The number of carbonyl (C=O) groups excluding carboxylic acids is 1. The Morgan fingerprint density at radius 3 is 2.94 bits per heavy atom. The fraction of sp³-hybridized carbons (Fsp3) is 0.333. The molecule has 1 N–H and O–H groups in total. The number of thiazole rings is 1. The molecular weight excluding hydrogens is 288 g/mol. The lowest BCUT2D eigenvalue weighted by molar-refractivity contribution is -0.120. The second kappa shape index (κ2) is 6.31. The molecule has 96 valence electrons. The van der Waals surface area contributed by atoms with Crippen LogP contribution in [0.15, 0.2) is 16.8 Å². The Balaban J connectivity index is 1.84. The molecule has 6 heteroatoms. The van der Waals surface area contributed by atoms with E-state index in [1.807, 2.05) is 17.7 Å². The van der Waals surface area contributed by atoms with Crippen LogP contribution in [-0.4, -0.2) is 10.9 Å². The smallest absolute Gasteiger partial charge is 0.227 e. The molecule has 3 nitrogen and oxygen atoms in total. The molecule has 0 aromatic carbocycles. The summed E-state index contributed by atoms with van der Waals surface area (Å²) in [5, 5.41) is 7.64. The van der Waals surface area contributed by atoms with Crippen LogP contribution >= 0.6 is 34.3 Å². The van der Waals surface area contributed by atoms with E-state index in [4.69, 9.17) is 11.6 Å². The van der Waals surface area contributed by atoms with Crippen molar-refractivity contribution in [3.05, 3.63) is 38.0 Å². The third-order valence-electron chi connectivity index (χ3n) is 2.46. The molecule has 0 atom stereocenters. The maximum atomic E-state index is 11.7. The summed E-state index contributed by atoms with van der Waals surface area (Å²) in [5.41, 5.74) is 2.05. The van der Waals surface area contributed by atoms with Crippen molar-refractivity contribution in [1.29, 1.82) is 0 Å². The molecule has 0 saturated carbocycles. The van der Waals surface area contributed by atoms with Crippen molar-refractivity contribution in [2.24, 2.45) is 0 Å². The van der Waals surface area contributed by atoms with Gasteiger partial charge in [-0.05, 0) is 23.9 Å². The molecule has 1 amide bonds. The molecule has 2 rings (SSSR count). The van der Waals surface area contributed by atoms with Gasteiger partial charge in [-0.15, -0.1) is 34.3 Å². The number of aromatic nitrogens is 1. The number of amides is 1. The summed E-state index contributed by atoms with van der Waals surface area (Å²) in [5.74, 6) is 0.394. The van der Waals surface area contributed by atoms with Crippen molar-refractivity contribution in [3.8, 4) is 0 Å². The first-order valence-corrected chi connectivity index (χ1v) is 7.77. The second-order valence-corrected chi connectivity index (χ2v) is 6.06. The van der Waals surface area contributed by atoms with Crippen molar-refractivity contribution in [3.63, 3.8) is 0 Å². The van der Waals surface area contributed by atoms with Gasteiger partial charge in [-0.2, -0.15) is 0 Å². The summed E-state index contributed by atoms with van der Waals surface area (Å²) in [6.45, 7) is 2.64. The summed E-state index contributed by atoms with van der Waals surface area (Å²) in [6, 6.07) is 2.06. The zero-order valence-electron chi connectivity index (χ0n) is 9.90. The fourth-order valence-electron chi connectivity index (χ4n) is 1.46. The van der Waals surface area contributed by atoms with Gasteiger partial charge in [-0.25, -0.2) is 4.98 Å². The third kappa shape index (κ3) is 3.54. The molecule has 2 aromatic rings. The minimum Gasteiger partial charge on any atom is -0.351 e. The predicted molar refractivity (Wildman–Crippen MR) is 76.3 cm³/mol. The van der Waals surface area contributed by atoms with Crippen LogP contribution in [0.3, 0.4) is 0 Å². The Morgan fingerprint density at radius 1 is 1.50 bits per heavy atom. The highest BCUT2D eigenvalue weighted by Gasteiger charge is 2.08. The van der Waals surface area contributed by atoms with Gasteiger partial charge in [0.1, 0.15) is 5.01 Å². The Hall–Kier alpha value is -0.910. The third-order valence-corrected chi connectivity index (χ3v) is 4.66. The van der Waals surface area contributed by atoms with Gasteiger partial charge in [0.15, 0.2) is 0 Å². The van der Waals surface area contributed by atoms with E-state index in [-0.39, 0.29) is 5.91 Å². The average molecular weight is 301 g/mol. The largest absolute Gasteiger partial charge is 0.351 e. The average Bonchev–Trinajstić information content (AvgIpc) is 2.96. The predicted octanol–water partition coefficient (Wildman–Crippen LogP) is 3.11. The summed E-state index contributed by atoms with van der Waals surface area (Å²) >= 11 is 8.80. The van der Waals surface area contributed by atoms with Crippen LogP contribution in [-0.2, 0) is 23.6 Å². The molecule has 18 heavy (non-hydrogen) atoms. The molecule has 2 heterocycles. The van der Waals surface area contributed by atoms with Crippen LogP contribution in [0.1, 0.15) is 21.1 Å². The number of nitrogens with zero attached hydrogens (tertiary/aromatic N) is 1. The van der Waals surface area contributed by atoms with Gasteiger partial charge in [0.2, 0.25) is 5.91 Å². The van der Waals surface area contributed by atoms with Crippen LogP contribution in [0.5, 0.6) is 0 Å². The Labute approximate surface area is 119 Å². The standard InChI is InChI=1S/C12H13ClN2OS2/c1-8-2-3-17-10(8)6-14-11(16)4-12-15-9(5-13)7-18-12/h2-3,7H,4-6H2,1H3,(H,14,16). The molecule has 0 radical (unpaired) electrons. The van der Waals surface area contributed by atoms with Gasteiger partial charge in [0.05, 0.1) is 24.5 Å². The summed E-state index contributed by atoms with van der Waals surface area (Å²) in [6.07, 6.45) is 0.325. The maximum Gasteiger partial charge on any atom is 0.227 e. The fourth-order valence-corrected chi connectivity index (χ4v) is 3.32. The normalized spacial score (nSPS) is 10.6. The van der Waals surface area contributed by atoms with Gasteiger partial charge >= 0.3 is 0 Å². The Bertz CT molecular complexity index is 536. The van der Waals surface area contributed by atoms with Gasteiger partial charge < -0.3 is 5.32 Å². The summed E-state index contributed by atoms with van der Waals surface area (Å²) in [4.78, 5) is 17.2. The van der Waals surface area contributed by atoms with Crippen LogP contribution < -0.4 is 5.32 Å². The number of rotatable bonds is 5. The summed E-state index contributed by atoms with van der Waals surface area (Å²) < 4.78 is 0. The van der Waals surface area contributed by atoms with Crippen molar-refractivity contribution in [2.75, 3.05) is 0 Å². The van der Waals surface area contributed by atoms with Crippen LogP contribution in [0.4, 0.5) is 0 Å². The van der Waals surface area contributed by atoms with Crippen LogP contribution in [0.2, 0.25) is 0 Å². The minimum absolute atomic E-state index is 0.00160. The molecule has 0 unspecified atom stereocenters. The molecule has 2 aromatic heterocycles. The maximum absolute atomic E-state index is 11.7. The first-order valence-electron chi connectivity index (χ1n) is 5.48. The van der Waals surface area contributed by atoms with Crippen LogP contribution in [0.25, 0.3) is 0 Å². The molecule has 0 bridgehead atoms. The van der Waals surface area contributed by atoms with Gasteiger partial charge in [0, 0.05) is 10.3 Å². The molecular formula is C12H13ClN2OS2. The van der Waals surface area contributed by atoms with E-state index in [0.29, 0.717) is 18.8 Å². The van der Waals surface area contributed by atoms with Gasteiger partial charge in [-0.1, -0.05) is 0 Å². The first kappa shape index (κ1) is 13.5. The van der Waals surface area contributed by atoms with E-state index in [1.165, 1.54) is 21.8 Å². The van der Waals surface area contributed by atoms with E-state index in [9.17, 15) is 4.79 Å². The number of hydrogen-bond donors (Lipinski definition) is 1. The van der Waals surface area contributed by atoms with Crippen molar-refractivity contribution in [1.82, 2.24) is 10.3 Å². The first-order chi connectivity index (χ1) is 8.69. The van der Waals surface area contributed by atoms with E-state index in [2.05, 4.69) is 16.4 Å². The highest BCUT2D eigenvalue weighted by Crippen LogP contribution is 2.15. The number of carbonyl (C=O) groups is 1. The van der Waals surface area contributed by atoms with E-state index >= 15 is 0 Å². The van der Waals surface area contributed by atoms with Crippen molar-refractivity contribution < 1.29 is 4.79 Å². The van der Waals surface area contributed by atoms with E-state index in [0.717, 1.165) is 10.7 Å². The molecule has 0 aliphatic carbocycles. The SMILES string of the molecule is Cc1ccsc1CNC(=O)Cc1nc(CCl)cs1. The minimum atomic E-state index is -0.00160. The lowest BCUT2D eigenvalue weighted by atomic mass is 10.3. The zero-order chi connectivity index (χ0) is 13.0. The lowest BCUT2D eigenvalue weighted by Gasteiger charge is -2.03. The highest BCUT2D eigenvalue weighted by atomic mass is 35.5. The number of hydrogen-bond acceptors (Lipinski definition) is 4. The highest BCUT2D eigenvalue weighted by molar-refractivity contribution is 7.10. The Kier molecular flexibility index (Phi) is 4.74. The molecule has 0 aliphatic rings. The molecule has 0 fully saturated rings. The van der Waals surface area contributed by atoms with E-state index < -0.39 is 0 Å². The number of alkyl halides is 1. The molecule has 0 saturated heterocycles. The van der Waals surface area contributed by atoms with Crippen molar-refractivity contribution >= 4 is 40.2 Å². The van der Waals surface area contributed by atoms with Crippen LogP contribution in [0, 0.1) is 6.92 Å². The number of nitrogens with one attached hydrogen (secondary N) is 1. The lowest BCUT2D eigenvalue weighted by Crippen LogP contribution is -2.24. The quantitative estimate of drug-likeness (QED) is 0.862. The zero-order valence-corrected chi connectivity index (χ0v) is 12.3. The number of thiophene rings is 1. The van der Waals surface area contributed by atoms with Gasteiger partial charge in [0.25, 0.3) is 0 Å². The summed E-state index contributed by atoms with van der Waals surface area (Å²) in [7, 11) is 0. The Morgan fingerprint density at radius 2 is 2.33 bits per heavy atom. The van der Waals surface area contributed by atoms with E-state index in [1.54, 1.807) is 11.3 Å². The topological polar surface area (TPSA) is 42.0 Å². The number of halogens is 1.